The van der Waals surface area contributed by atoms with E-state index < -0.39 is 0 Å². The van der Waals surface area contributed by atoms with E-state index in [2.05, 4.69) is 15.0 Å². The zero-order valence-corrected chi connectivity index (χ0v) is 9.87. The molecule has 4 heteroatoms. The van der Waals surface area contributed by atoms with Crippen LogP contribution in [0.25, 0.3) is 22.4 Å². The van der Waals surface area contributed by atoms with Gasteiger partial charge in [-0.05, 0) is 18.2 Å². The molecule has 0 radical (unpaired) electrons. The van der Waals surface area contributed by atoms with Crippen LogP contribution in [0.15, 0.2) is 48.8 Å². The van der Waals surface area contributed by atoms with Crippen molar-refractivity contribution in [1.29, 1.82) is 0 Å². The Morgan fingerprint density at radius 3 is 2.72 bits per heavy atom. The lowest BCUT2D eigenvalue weighted by Gasteiger charge is -2.05. The number of pyridine rings is 1. The Hall–Kier alpha value is -2.49. The van der Waals surface area contributed by atoms with Crippen molar-refractivity contribution >= 4 is 10.9 Å². The quantitative estimate of drug-likeness (QED) is 0.687. The number of benzene rings is 1. The van der Waals surface area contributed by atoms with Gasteiger partial charge in [-0.25, -0.2) is 9.97 Å². The molecular formula is C14H11N3O. The van der Waals surface area contributed by atoms with Crippen molar-refractivity contribution in [3.05, 3.63) is 48.8 Å². The summed E-state index contributed by atoms with van der Waals surface area (Å²) in [6, 6.07) is 11.4. The van der Waals surface area contributed by atoms with Gasteiger partial charge < -0.3 is 4.74 Å². The van der Waals surface area contributed by atoms with Gasteiger partial charge in [-0.1, -0.05) is 18.2 Å². The van der Waals surface area contributed by atoms with E-state index in [1.807, 2.05) is 36.4 Å². The van der Waals surface area contributed by atoms with E-state index in [9.17, 15) is 0 Å². The molecule has 0 aliphatic carbocycles. The van der Waals surface area contributed by atoms with Gasteiger partial charge in [0.1, 0.15) is 17.0 Å². The summed E-state index contributed by atoms with van der Waals surface area (Å²) in [5.41, 5.74) is 1.56. The molecule has 0 bridgehead atoms. The first kappa shape index (κ1) is 10.7. The van der Waals surface area contributed by atoms with Crippen molar-refractivity contribution < 1.29 is 4.74 Å². The Kier molecular flexibility index (Phi) is 2.61. The topological polar surface area (TPSA) is 47.9 Å². The summed E-state index contributed by atoms with van der Waals surface area (Å²) in [5, 5.41) is 0.953. The lowest BCUT2D eigenvalue weighted by Crippen LogP contribution is -1.94. The molecule has 0 unspecified atom stereocenters. The van der Waals surface area contributed by atoms with Crippen LogP contribution in [-0.2, 0) is 0 Å². The SMILES string of the molecule is COc1cccc2cnc(-c3ccccn3)nc12. The summed E-state index contributed by atoms with van der Waals surface area (Å²) in [7, 11) is 1.64. The smallest absolute Gasteiger partial charge is 0.178 e. The lowest BCUT2D eigenvalue weighted by atomic mass is 10.2. The summed E-state index contributed by atoms with van der Waals surface area (Å²) in [5.74, 6) is 1.35. The number of nitrogens with zero attached hydrogens (tertiary/aromatic N) is 3. The maximum absolute atomic E-state index is 5.31. The molecule has 2 heterocycles. The van der Waals surface area contributed by atoms with E-state index in [1.165, 1.54) is 0 Å². The number of para-hydroxylation sites is 1. The van der Waals surface area contributed by atoms with Crippen LogP contribution >= 0.6 is 0 Å². The number of fused-ring (bicyclic) bond motifs is 1. The Labute approximate surface area is 104 Å². The second-order valence-electron chi connectivity index (χ2n) is 3.81. The standard InChI is InChI=1S/C14H11N3O/c1-18-12-7-4-5-10-9-16-14(17-13(10)12)11-6-2-3-8-15-11/h2-9H,1H3. The molecule has 0 aliphatic heterocycles. The molecule has 0 aliphatic rings. The van der Waals surface area contributed by atoms with Crippen molar-refractivity contribution in [2.45, 2.75) is 0 Å². The molecule has 0 saturated carbocycles. The molecule has 0 fully saturated rings. The molecule has 4 nitrogen and oxygen atoms in total. The monoisotopic (exact) mass is 237 g/mol. The Bertz CT molecular complexity index is 683. The van der Waals surface area contributed by atoms with E-state index in [0.29, 0.717) is 5.82 Å². The van der Waals surface area contributed by atoms with Gasteiger partial charge in [-0.2, -0.15) is 0 Å². The maximum atomic E-state index is 5.31. The van der Waals surface area contributed by atoms with Crippen molar-refractivity contribution in [1.82, 2.24) is 15.0 Å². The molecule has 0 spiro atoms. The summed E-state index contributed by atoms with van der Waals surface area (Å²) < 4.78 is 5.31. The molecule has 0 atom stereocenters. The molecular weight excluding hydrogens is 226 g/mol. The maximum Gasteiger partial charge on any atom is 0.178 e. The van der Waals surface area contributed by atoms with Crippen LogP contribution in [-0.4, -0.2) is 22.1 Å². The van der Waals surface area contributed by atoms with Crippen molar-refractivity contribution in [3.63, 3.8) is 0 Å². The normalized spacial score (nSPS) is 10.5. The third-order valence-electron chi connectivity index (χ3n) is 2.69. The van der Waals surface area contributed by atoms with E-state index in [0.717, 1.165) is 22.3 Å². The van der Waals surface area contributed by atoms with E-state index >= 15 is 0 Å². The van der Waals surface area contributed by atoms with Gasteiger partial charge in [-0.3, -0.25) is 4.98 Å². The number of rotatable bonds is 2. The fourth-order valence-corrected chi connectivity index (χ4v) is 1.81. The van der Waals surface area contributed by atoms with Crippen LogP contribution in [0.5, 0.6) is 5.75 Å². The lowest BCUT2D eigenvalue weighted by molar-refractivity contribution is 0.419. The highest BCUT2D eigenvalue weighted by Gasteiger charge is 2.07. The molecule has 3 aromatic rings. The summed E-state index contributed by atoms with van der Waals surface area (Å²) in [6.07, 6.45) is 3.51. The van der Waals surface area contributed by atoms with Gasteiger partial charge in [-0.15, -0.1) is 0 Å². The predicted molar refractivity (Wildman–Crippen MR) is 69.3 cm³/mol. The van der Waals surface area contributed by atoms with E-state index in [4.69, 9.17) is 4.74 Å². The minimum absolute atomic E-state index is 0.604. The van der Waals surface area contributed by atoms with Gasteiger partial charge in [0.2, 0.25) is 0 Å². The summed E-state index contributed by atoms with van der Waals surface area (Å²) >= 11 is 0. The molecule has 0 N–H and O–H groups in total. The number of hydrogen-bond donors (Lipinski definition) is 0. The first-order valence-electron chi connectivity index (χ1n) is 5.59. The summed E-state index contributed by atoms with van der Waals surface area (Å²) in [6.45, 7) is 0. The fraction of sp³-hybridized carbons (Fsp3) is 0.0714. The zero-order chi connectivity index (χ0) is 12.4. The van der Waals surface area contributed by atoms with Crippen LogP contribution in [0.1, 0.15) is 0 Å². The second-order valence-corrected chi connectivity index (χ2v) is 3.81. The highest BCUT2D eigenvalue weighted by Crippen LogP contribution is 2.24. The first-order chi connectivity index (χ1) is 8.88. The minimum Gasteiger partial charge on any atom is -0.494 e. The number of ether oxygens (including phenoxy) is 1. The first-order valence-corrected chi connectivity index (χ1v) is 5.59. The molecule has 0 saturated heterocycles. The van der Waals surface area contributed by atoms with Gasteiger partial charge in [0.15, 0.2) is 5.82 Å². The predicted octanol–water partition coefficient (Wildman–Crippen LogP) is 2.70. The van der Waals surface area contributed by atoms with Crippen LogP contribution in [0.3, 0.4) is 0 Å². The molecule has 88 valence electrons. The van der Waals surface area contributed by atoms with E-state index in [1.54, 1.807) is 19.5 Å². The number of methoxy groups -OCH3 is 1. The number of hydrogen-bond acceptors (Lipinski definition) is 4. The van der Waals surface area contributed by atoms with Gasteiger partial charge in [0.25, 0.3) is 0 Å². The van der Waals surface area contributed by atoms with Gasteiger partial charge >= 0.3 is 0 Å². The van der Waals surface area contributed by atoms with Crippen LogP contribution < -0.4 is 4.74 Å². The van der Waals surface area contributed by atoms with Crippen LogP contribution in [0.2, 0.25) is 0 Å². The molecule has 1 aromatic carbocycles. The van der Waals surface area contributed by atoms with Crippen LogP contribution in [0.4, 0.5) is 0 Å². The molecule has 2 aromatic heterocycles. The molecule has 18 heavy (non-hydrogen) atoms. The van der Waals surface area contributed by atoms with Crippen molar-refractivity contribution in [3.8, 4) is 17.3 Å². The summed E-state index contributed by atoms with van der Waals surface area (Å²) in [4.78, 5) is 13.1. The second kappa shape index (κ2) is 4.41. The largest absolute Gasteiger partial charge is 0.494 e. The third-order valence-corrected chi connectivity index (χ3v) is 2.69. The Morgan fingerprint density at radius 2 is 1.94 bits per heavy atom. The zero-order valence-electron chi connectivity index (χ0n) is 9.87. The van der Waals surface area contributed by atoms with Crippen molar-refractivity contribution in [2.75, 3.05) is 7.11 Å². The highest BCUT2D eigenvalue weighted by atomic mass is 16.5. The van der Waals surface area contributed by atoms with Crippen LogP contribution in [0, 0.1) is 0 Å². The van der Waals surface area contributed by atoms with E-state index in [-0.39, 0.29) is 0 Å². The van der Waals surface area contributed by atoms with Crippen molar-refractivity contribution in [2.24, 2.45) is 0 Å². The highest BCUT2D eigenvalue weighted by molar-refractivity contribution is 5.84. The third kappa shape index (κ3) is 1.78. The molecule has 0 amide bonds. The Balaban J connectivity index is 2.22. The minimum atomic E-state index is 0.604. The average molecular weight is 237 g/mol. The van der Waals surface area contributed by atoms with Gasteiger partial charge in [0, 0.05) is 17.8 Å². The van der Waals surface area contributed by atoms with Gasteiger partial charge in [0.05, 0.1) is 7.11 Å². The average Bonchev–Trinajstić information content (AvgIpc) is 2.47. The fourth-order valence-electron chi connectivity index (χ4n) is 1.81. The molecule has 3 rings (SSSR count). The number of aromatic nitrogens is 3. The Morgan fingerprint density at radius 1 is 1.00 bits per heavy atom.